The maximum absolute atomic E-state index is 4.83. The van der Waals surface area contributed by atoms with Gasteiger partial charge < -0.3 is 0 Å². The Morgan fingerprint density at radius 1 is 1.04 bits per heavy atom. The minimum Gasteiger partial charge on any atom is -0.297 e. The fourth-order valence-corrected chi connectivity index (χ4v) is 5.29. The van der Waals surface area contributed by atoms with E-state index in [1.165, 1.54) is 4.90 Å². The molecule has 1 atom stereocenters. The molecule has 6 heteroatoms. The molecule has 0 bridgehead atoms. The Balaban J connectivity index is 1.53. The average Bonchev–Trinajstić information content (AvgIpc) is 3.21. The number of aromatic nitrogens is 4. The van der Waals surface area contributed by atoms with Crippen LogP contribution in [0, 0.1) is 0 Å². The molecule has 0 spiro atoms. The smallest absolute Gasteiger partial charge is 0.191 e. The molecule has 3 aliphatic rings. The first kappa shape index (κ1) is 14.3. The van der Waals surface area contributed by atoms with Crippen LogP contribution in [-0.2, 0) is 0 Å². The van der Waals surface area contributed by atoms with Gasteiger partial charge in [0.2, 0.25) is 0 Å². The maximum atomic E-state index is 4.83. The van der Waals surface area contributed by atoms with Crippen molar-refractivity contribution in [1.82, 2.24) is 19.7 Å². The molecule has 24 heavy (non-hydrogen) atoms. The third-order valence-corrected chi connectivity index (χ3v) is 6.47. The Hall–Kier alpha value is -2.05. The molecule has 0 unspecified atom stereocenters. The second kappa shape index (κ2) is 5.79. The molecule has 0 N–H and O–H groups in total. The van der Waals surface area contributed by atoms with E-state index < -0.39 is 0 Å². The maximum Gasteiger partial charge on any atom is 0.191 e. The molecule has 2 aromatic rings. The summed E-state index contributed by atoms with van der Waals surface area (Å²) in [6.07, 6.45) is 0. The number of thioether (sulfide) groups is 2. The highest BCUT2D eigenvalue weighted by atomic mass is 32.2. The normalized spacial score (nSPS) is 16.8. The van der Waals surface area contributed by atoms with Crippen LogP contribution in [0.3, 0.4) is 0 Å². The average molecular weight is 350 g/mol. The molecule has 0 saturated carbocycles. The first-order chi connectivity index (χ1) is 11.9. The molecule has 3 aliphatic heterocycles. The third-order valence-electron chi connectivity index (χ3n) is 4.22. The third kappa shape index (κ3) is 2.29. The van der Waals surface area contributed by atoms with Gasteiger partial charge in [-0.25, -0.2) is 4.98 Å². The minimum absolute atomic E-state index is 0.387. The number of fused-ring (bicyclic) bond motifs is 5. The Kier molecular flexibility index (Phi) is 3.45. The molecule has 118 valence electrons. The van der Waals surface area contributed by atoms with Crippen molar-refractivity contribution in [3.63, 3.8) is 0 Å². The first-order valence-electron chi connectivity index (χ1n) is 7.84. The van der Waals surface area contributed by atoms with E-state index in [1.807, 2.05) is 30.0 Å². The van der Waals surface area contributed by atoms with Crippen LogP contribution in [0.15, 0.2) is 64.6 Å². The highest BCUT2D eigenvalue weighted by Gasteiger charge is 2.30. The van der Waals surface area contributed by atoms with Crippen LogP contribution in [0.2, 0.25) is 0 Å². The summed E-state index contributed by atoms with van der Waals surface area (Å²) in [7, 11) is 0. The number of benzene rings is 2. The monoisotopic (exact) mass is 350 g/mol. The summed E-state index contributed by atoms with van der Waals surface area (Å²) in [6.45, 7) is 0. The van der Waals surface area contributed by atoms with E-state index in [1.54, 1.807) is 11.8 Å². The van der Waals surface area contributed by atoms with Crippen molar-refractivity contribution in [3.05, 3.63) is 54.6 Å². The molecule has 5 rings (SSSR count). The summed E-state index contributed by atoms with van der Waals surface area (Å²) in [5.74, 6) is 3.00. The highest BCUT2D eigenvalue weighted by molar-refractivity contribution is 8.00. The van der Waals surface area contributed by atoms with Crippen molar-refractivity contribution in [2.24, 2.45) is 0 Å². The molecule has 0 aliphatic carbocycles. The lowest BCUT2D eigenvalue weighted by Gasteiger charge is -2.16. The van der Waals surface area contributed by atoms with Gasteiger partial charge in [-0.1, -0.05) is 48.2 Å². The van der Waals surface area contributed by atoms with Gasteiger partial charge >= 0.3 is 0 Å². The van der Waals surface area contributed by atoms with E-state index in [0.717, 1.165) is 39.1 Å². The van der Waals surface area contributed by atoms with Crippen LogP contribution in [-0.4, -0.2) is 31.3 Å². The van der Waals surface area contributed by atoms with E-state index >= 15 is 0 Å². The zero-order chi connectivity index (χ0) is 15.9. The van der Waals surface area contributed by atoms with Crippen LogP contribution in [0.5, 0.6) is 0 Å². The van der Waals surface area contributed by atoms with E-state index in [0.29, 0.717) is 6.04 Å². The highest BCUT2D eigenvalue weighted by Crippen LogP contribution is 2.40. The second-order valence-electron chi connectivity index (χ2n) is 5.74. The largest absolute Gasteiger partial charge is 0.297 e. The van der Waals surface area contributed by atoms with Crippen molar-refractivity contribution in [3.8, 4) is 11.5 Å². The van der Waals surface area contributed by atoms with Crippen LogP contribution in [0.1, 0.15) is 6.04 Å². The molecule has 3 heterocycles. The summed E-state index contributed by atoms with van der Waals surface area (Å²) in [5.41, 5.74) is 1.90. The van der Waals surface area contributed by atoms with E-state index in [4.69, 9.17) is 4.98 Å². The topological polar surface area (TPSA) is 43.6 Å². The van der Waals surface area contributed by atoms with Crippen LogP contribution in [0.4, 0.5) is 0 Å². The van der Waals surface area contributed by atoms with Crippen molar-refractivity contribution >= 4 is 34.4 Å². The van der Waals surface area contributed by atoms with Gasteiger partial charge in [0.25, 0.3) is 0 Å². The Bertz CT molecular complexity index is 983. The van der Waals surface area contributed by atoms with Crippen LogP contribution < -0.4 is 0 Å². The van der Waals surface area contributed by atoms with Crippen molar-refractivity contribution in [2.45, 2.75) is 16.1 Å². The Morgan fingerprint density at radius 3 is 2.79 bits per heavy atom. The van der Waals surface area contributed by atoms with Gasteiger partial charge in [-0.2, -0.15) is 0 Å². The molecular weight excluding hydrogens is 336 g/mol. The molecule has 2 aromatic carbocycles. The summed E-state index contributed by atoms with van der Waals surface area (Å²) >= 11 is 3.66. The molecule has 0 amide bonds. The first-order valence-corrected chi connectivity index (χ1v) is 9.81. The Morgan fingerprint density at radius 2 is 1.88 bits per heavy atom. The van der Waals surface area contributed by atoms with Gasteiger partial charge in [0.15, 0.2) is 11.0 Å². The number of nitrogens with zero attached hydrogens (tertiary/aromatic N) is 4. The standard InChI is InChI=1S/C18H14N4S2/c1-2-6-13(7-3-1)23-10-12-11-24-18-21-20-16-14-8-4-5-9-15(14)19-17(16)22(12)18/h1-9,12H,10-11H2/t12-/m0/s1. The van der Waals surface area contributed by atoms with Crippen molar-refractivity contribution < 1.29 is 0 Å². The summed E-state index contributed by atoms with van der Waals surface area (Å²) in [5, 5.41) is 10.9. The van der Waals surface area contributed by atoms with E-state index in [-0.39, 0.29) is 0 Å². The molecule has 0 aromatic heterocycles. The van der Waals surface area contributed by atoms with Crippen molar-refractivity contribution in [2.75, 3.05) is 11.5 Å². The predicted molar refractivity (Wildman–Crippen MR) is 98.9 cm³/mol. The Labute approximate surface area is 148 Å². The fraction of sp³-hybridized carbons (Fsp3) is 0.167. The van der Waals surface area contributed by atoms with Crippen LogP contribution in [0.25, 0.3) is 22.4 Å². The lowest BCUT2D eigenvalue weighted by atomic mass is 10.2. The van der Waals surface area contributed by atoms with Crippen LogP contribution >= 0.6 is 23.5 Å². The second-order valence-corrected chi connectivity index (χ2v) is 7.82. The lowest BCUT2D eigenvalue weighted by molar-refractivity contribution is 0.553. The molecule has 0 saturated heterocycles. The van der Waals surface area contributed by atoms with Gasteiger partial charge in [0.1, 0.15) is 5.69 Å². The van der Waals surface area contributed by atoms with Gasteiger partial charge in [0.05, 0.1) is 11.6 Å². The molecule has 4 nitrogen and oxygen atoms in total. The zero-order valence-corrected chi connectivity index (χ0v) is 14.4. The van der Waals surface area contributed by atoms with Gasteiger partial charge in [-0.3, -0.25) is 4.57 Å². The molecular formula is C18H14N4S2. The fourth-order valence-electron chi connectivity index (χ4n) is 3.06. The minimum atomic E-state index is 0.387. The van der Waals surface area contributed by atoms with Gasteiger partial charge in [-0.05, 0) is 18.2 Å². The zero-order valence-electron chi connectivity index (χ0n) is 12.8. The number of para-hydroxylation sites is 1. The summed E-state index contributed by atoms with van der Waals surface area (Å²) in [4.78, 5) is 6.13. The van der Waals surface area contributed by atoms with Crippen molar-refractivity contribution in [1.29, 1.82) is 0 Å². The number of hydrogen-bond acceptors (Lipinski definition) is 5. The SMILES string of the molecule is c1ccc(SC[C@H]2CSc3nnc4c5ccccc5nc-4n32)cc1. The van der Waals surface area contributed by atoms with E-state index in [9.17, 15) is 0 Å². The van der Waals surface area contributed by atoms with E-state index in [2.05, 4.69) is 51.2 Å². The van der Waals surface area contributed by atoms with Gasteiger partial charge in [0, 0.05) is 21.8 Å². The van der Waals surface area contributed by atoms with Gasteiger partial charge in [-0.15, -0.1) is 22.0 Å². The molecule has 0 fully saturated rings. The number of hydrogen-bond donors (Lipinski definition) is 0. The quantitative estimate of drug-likeness (QED) is 0.513. The number of rotatable bonds is 3. The predicted octanol–water partition coefficient (Wildman–Crippen LogP) is 4.37. The summed E-state index contributed by atoms with van der Waals surface area (Å²) < 4.78 is 2.28. The molecule has 0 radical (unpaired) electrons. The lowest BCUT2D eigenvalue weighted by Crippen LogP contribution is -2.15. The summed E-state index contributed by atoms with van der Waals surface area (Å²) in [6, 6.07) is 19.1.